The van der Waals surface area contributed by atoms with Gasteiger partial charge in [-0.1, -0.05) is 12.1 Å². The highest BCUT2D eigenvalue weighted by Gasteiger charge is 2.38. The van der Waals surface area contributed by atoms with Crippen LogP contribution in [0, 0.1) is 12.3 Å². The van der Waals surface area contributed by atoms with E-state index >= 15 is 0 Å². The third-order valence-corrected chi connectivity index (χ3v) is 3.97. The minimum Gasteiger partial charge on any atom is -0.534 e. The molecule has 1 aliphatic rings. The quantitative estimate of drug-likeness (QED) is 0.157. The van der Waals surface area contributed by atoms with E-state index in [4.69, 9.17) is 20.6 Å². The average molecular weight is 485 g/mol. The maximum Gasteiger partial charge on any atom is 0.547 e. The number of halogens is 1. The number of hydrogen-bond donors (Lipinski definition) is 2. The van der Waals surface area contributed by atoms with Crippen LogP contribution in [0.25, 0.3) is 0 Å². The number of carbonyl (C=O) groups excluding carboxylic acids is 3. The van der Waals surface area contributed by atoms with E-state index in [2.05, 4.69) is 11.2 Å². The predicted molar refractivity (Wildman–Crippen MR) is 104 cm³/mol. The van der Waals surface area contributed by atoms with Crippen molar-refractivity contribution in [1.29, 1.82) is 0 Å². The van der Waals surface area contributed by atoms with Crippen LogP contribution in [0.15, 0.2) is 18.2 Å². The van der Waals surface area contributed by atoms with Crippen LogP contribution >= 0.6 is 22.6 Å². The first-order valence-corrected chi connectivity index (χ1v) is 9.16. The van der Waals surface area contributed by atoms with Crippen LogP contribution in [0.4, 0.5) is 4.79 Å². The Hall–Kier alpha value is -2.26. The minimum absolute atomic E-state index is 0.0833. The molecule has 10 heteroatoms. The summed E-state index contributed by atoms with van der Waals surface area (Å²) in [5.41, 5.74) is 0.704. The summed E-state index contributed by atoms with van der Waals surface area (Å²) in [6.45, 7) is 1.40. The molecule has 1 aromatic rings. The number of nitrogens with one attached hydrogen (secondary N) is 1. The van der Waals surface area contributed by atoms with Gasteiger partial charge in [-0.25, -0.2) is 9.59 Å². The lowest BCUT2D eigenvalue weighted by Crippen LogP contribution is -2.53. The highest BCUT2D eigenvalue weighted by molar-refractivity contribution is 14.1. The Morgan fingerprint density at radius 2 is 2.22 bits per heavy atom. The lowest BCUT2D eigenvalue weighted by atomic mass is 9.72. The summed E-state index contributed by atoms with van der Waals surface area (Å²) < 4.78 is 14.6. The van der Waals surface area contributed by atoms with Crippen LogP contribution < -0.4 is 9.97 Å². The number of ether oxygens (including phenoxy) is 2. The van der Waals surface area contributed by atoms with Crippen LogP contribution in [0.2, 0.25) is 0 Å². The maximum absolute atomic E-state index is 12.3. The van der Waals surface area contributed by atoms with Crippen molar-refractivity contribution in [3.63, 3.8) is 0 Å². The zero-order valence-electron chi connectivity index (χ0n) is 14.4. The molecule has 1 amide bonds. The molecule has 2 rings (SSSR count). The predicted octanol–water partition coefficient (Wildman–Crippen LogP) is 1.61. The van der Waals surface area contributed by atoms with Crippen molar-refractivity contribution < 1.29 is 33.5 Å². The maximum atomic E-state index is 12.3. The van der Waals surface area contributed by atoms with Crippen LogP contribution in [0.1, 0.15) is 35.7 Å². The molecular formula is C17H17BINO7. The first-order chi connectivity index (χ1) is 12.8. The molecule has 2 N–H and O–H groups in total. The number of hydrogen-bond acceptors (Lipinski definition) is 7. The van der Waals surface area contributed by atoms with E-state index < -0.39 is 29.3 Å². The molecule has 2 atom stereocenters. The molecule has 1 aromatic carbocycles. The summed E-state index contributed by atoms with van der Waals surface area (Å²) in [6, 6.07) is 4.81. The van der Waals surface area contributed by atoms with Gasteiger partial charge in [0.25, 0.3) is 0 Å². The lowest BCUT2D eigenvalue weighted by Gasteiger charge is -2.29. The number of terminal acetylenes is 1. The third kappa shape index (κ3) is 5.87. The van der Waals surface area contributed by atoms with Gasteiger partial charge in [-0.15, -0.1) is 12.3 Å². The van der Waals surface area contributed by atoms with Gasteiger partial charge in [-0.3, -0.25) is 4.79 Å². The second kappa shape index (κ2) is 9.61. The number of carbonyl (C=O) groups is 3. The minimum atomic E-state index is -1.34. The van der Waals surface area contributed by atoms with Gasteiger partial charge in [-0.05, 0) is 18.1 Å². The smallest absolute Gasteiger partial charge is 0.534 e. The van der Waals surface area contributed by atoms with E-state index in [1.165, 1.54) is 35.6 Å². The zero-order chi connectivity index (χ0) is 20.0. The first kappa shape index (κ1) is 21.0. The molecule has 27 heavy (non-hydrogen) atoms. The molecule has 142 valence electrons. The second-order valence-electron chi connectivity index (χ2n) is 5.71. The Balaban J connectivity index is 2.11. The Labute approximate surface area is 170 Å². The number of rotatable bonds is 6. The van der Waals surface area contributed by atoms with Crippen molar-refractivity contribution in [3.8, 4) is 18.1 Å². The molecule has 0 saturated carbocycles. The SMILES string of the molecule is C#CCCC(=O)N[C@H]1Cc2cccc(C(=O)OC(C)OC(=O)I)c2OB1O. The van der Waals surface area contributed by atoms with E-state index in [1.807, 2.05) is 0 Å². The van der Waals surface area contributed by atoms with Gasteiger partial charge in [0.1, 0.15) is 11.3 Å². The van der Waals surface area contributed by atoms with Gasteiger partial charge in [0.15, 0.2) is 0 Å². The summed E-state index contributed by atoms with van der Waals surface area (Å²) in [5.74, 6) is 0.803. The van der Waals surface area contributed by atoms with Gasteiger partial charge in [0.05, 0.1) is 28.5 Å². The summed E-state index contributed by atoms with van der Waals surface area (Å²) in [6.07, 6.45) is 4.76. The third-order valence-electron chi connectivity index (χ3n) is 3.71. The lowest BCUT2D eigenvalue weighted by molar-refractivity contribution is -0.121. The van der Waals surface area contributed by atoms with Crippen LogP contribution in [-0.4, -0.2) is 40.2 Å². The topological polar surface area (TPSA) is 111 Å². The average Bonchev–Trinajstić information content (AvgIpc) is 2.59. The first-order valence-electron chi connectivity index (χ1n) is 8.08. The molecule has 8 nitrogen and oxygen atoms in total. The standard InChI is InChI=1S/C17H17BINO7/c1-3-4-8-14(21)20-13-9-11-6-5-7-12(15(11)27-18(13)24)16(22)25-10(2)26-17(19)23/h1,5-7,10,13,24H,4,8-9H2,2H3,(H,20,21)/t10?,13-/m0/s1. The molecule has 0 fully saturated rings. The number of fused-ring (bicyclic) bond motifs is 1. The molecule has 0 bridgehead atoms. The molecule has 1 unspecified atom stereocenters. The Bertz CT molecular complexity index is 779. The van der Waals surface area contributed by atoms with E-state index in [0.717, 1.165) is 0 Å². The zero-order valence-corrected chi connectivity index (χ0v) is 16.6. The van der Waals surface area contributed by atoms with Crippen molar-refractivity contribution in [2.75, 3.05) is 0 Å². The molecule has 1 aliphatic heterocycles. The van der Waals surface area contributed by atoms with Gasteiger partial charge >= 0.3 is 17.1 Å². The van der Waals surface area contributed by atoms with Crippen LogP contribution in [0.5, 0.6) is 5.75 Å². The fourth-order valence-electron chi connectivity index (χ4n) is 2.54. The van der Waals surface area contributed by atoms with Crippen LogP contribution in [-0.2, 0) is 20.7 Å². The van der Waals surface area contributed by atoms with Crippen molar-refractivity contribution in [1.82, 2.24) is 5.32 Å². The van der Waals surface area contributed by atoms with E-state index in [0.29, 0.717) is 12.0 Å². The molecule has 0 radical (unpaired) electrons. The molecule has 0 aromatic heterocycles. The second-order valence-corrected chi connectivity index (χ2v) is 6.59. The van der Waals surface area contributed by atoms with Crippen LogP contribution in [0.3, 0.4) is 0 Å². The molecular weight excluding hydrogens is 468 g/mol. The number of esters is 1. The Morgan fingerprint density at radius 3 is 2.89 bits per heavy atom. The molecule has 1 heterocycles. The number of benzene rings is 1. The largest absolute Gasteiger partial charge is 0.547 e. The monoisotopic (exact) mass is 485 g/mol. The summed E-state index contributed by atoms with van der Waals surface area (Å²) in [5, 5.41) is 12.9. The fraction of sp³-hybridized carbons (Fsp3) is 0.353. The van der Waals surface area contributed by atoms with Gasteiger partial charge < -0.3 is 24.5 Å². The summed E-state index contributed by atoms with van der Waals surface area (Å²) in [7, 11) is -1.34. The van der Waals surface area contributed by atoms with E-state index in [9.17, 15) is 19.4 Å². The molecule has 0 aliphatic carbocycles. The van der Waals surface area contributed by atoms with Gasteiger partial charge in [0, 0.05) is 19.8 Å². The molecule has 0 spiro atoms. The number of amides is 1. The highest BCUT2D eigenvalue weighted by Crippen LogP contribution is 2.31. The van der Waals surface area contributed by atoms with Gasteiger partial charge in [0.2, 0.25) is 12.2 Å². The Morgan fingerprint density at radius 1 is 1.48 bits per heavy atom. The summed E-state index contributed by atoms with van der Waals surface area (Å²) in [4.78, 5) is 35.1. The Kier molecular flexibility index (Phi) is 7.50. The van der Waals surface area contributed by atoms with E-state index in [1.54, 1.807) is 12.1 Å². The number of para-hydroxylation sites is 1. The normalized spacial score (nSPS) is 16.2. The van der Waals surface area contributed by atoms with Crippen molar-refractivity contribution in [3.05, 3.63) is 29.3 Å². The van der Waals surface area contributed by atoms with Crippen molar-refractivity contribution >= 4 is 45.6 Å². The summed E-state index contributed by atoms with van der Waals surface area (Å²) >= 11 is 1.42. The van der Waals surface area contributed by atoms with E-state index in [-0.39, 0.29) is 30.1 Å². The van der Waals surface area contributed by atoms with Gasteiger partial charge in [-0.2, -0.15) is 0 Å². The highest BCUT2D eigenvalue weighted by atomic mass is 127. The van der Waals surface area contributed by atoms with Crippen molar-refractivity contribution in [2.24, 2.45) is 0 Å². The van der Waals surface area contributed by atoms with Crippen molar-refractivity contribution in [2.45, 2.75) is 38.4 Å². The molecule has 0 saturated heterocycles. The fourth-order valence-corrected chi connectivity index (χ4v) is 2.90.